The fourth-order valence-corrected chi connectivity index (χ4v) is 2.78. The number of aromatic nitrogens is 1. The number of carbonyl (C=O) groups is 1. The maximum absolute atomic E-state index is 12.1. The molecule has 6 nitrogen and oxygen atoms in total. The second kappa shape index (κ2) is 6.73. The minimum Gasteiger partial charge on any atom is -0.350 e. The van der Waals surface area contributed by atoms with E-state index in [2.05, 4.69) is 21.2 Å². The van der Waals surface area contributed by atoms with Gasteiger partial charge in [-0.15, -0.1) is 0 Å². The van der Waals surface area contributed by atoms with Crippen LogP contribution in [0.5, 0.6) is 0 Å². The molecular formula is C12H20BrN3O3S. The van der Waals surface area contributed by atoms with Crippen molar-refractivity contribution in [3.8, 4) is 0 Å². The predicted molar refractivity (Wildman–Crippen MR) is 82.3 cm³/mol. The first-order valence-corrected chi connectivity index (χ1v) is 8.61. The number of amides is 1. The van der Waals surface area contributed by atoms with Crippen LogP contribution in [0, 0.1) is 0 Å². The van der Waals surface area contributed by atoms with Gasteiger partial charge in [-0.3, -0.25) is 4.79 Å². The summed E-state index contributed by atoms with van der Waals surface area (Å²) in [5.41, 5.74) is 0.508. The molecule has 8 heteroatoms. The zero-order valence-corrected chi connectivity index (χ0v) is 14.5. The molecule has 1 rings (SSSR count). The van der Waals surface area contributed by atoms with Crippen LogP contribution in [-0.4, -0.2) is 49.6 Å². The molecule has 0 bridgehead atoms. The highest BCUT2D eigenvalue weighted by Gasteiger charge is 2.17. The van der Waals surface area contributed by atoms with Crippen LogP contribution in [0.2, 0.25) is 0 Å². The summed E-state index contributed by atoms with van der Waals surface area (Å²) in [4.78, 5) is 12.1. The first-order valence-electron chi connectivity index (χ1n) is 6.21. The Balaban J connectivity index is 2.69. The lowest BCUT2D eigenvalue weighted by atomic mass is 10.3. The smallest absolute Gasteiger partial charge is 0.267 e. The Morgan fingerprint density at radius 1 is 1.45 bits per heavy atom. The van der Waals surface area contributed by atoms with E-state index < -0.39 is 10.0 Å². The first-order chi connectivity index (χ1) is 9.15. The Kier molecular flexibility index (Phi) is 5.79. The summed E-state index contributed by atoms with van der Waals surface area (Å²) in [6.45, 7) is 4.03. The van der Waals surface area contributed by atoms with E-state index >= 15 is 0 Å². The second-order valence-corrected chi connectivity index (χ2v) is 8.12. The largest absolute Gasteiger partial charge is 0.350 e. The zero-order valence-electron chi connectivity index (χ0n) is 12.1. The van der Waals surface area contributed by atoms with Crippen LogP contribution < -0.4 is 5.32 Å². The molecule has 0 aliphatic heterocycles. The summed E-state index contributed by atoms with van der Waals surface area (Å²) in [6, 6.07) is 1.86. The van der Waals surface area contributed by atoms with Crippen LogP contribution in [0.15, 0.2) is 16.7 Å². The van der Waals surface area contributed by atoms with Crippen LogP contribution in [0.3, 0.4) is 0 Å². The van der Waals surface area contributed by atoms with E-state index in [0.29, 0.717) is 5.69 Å². The lowest BCUT2D eigenvalue weighted by molar-refractivity contribution is 0.0945. The molecular weight excluding hydrogens is 346 g/mol. The van der Waals surface area contributed by atoms with Crippen LogP contribution >= 0.6 is 15.9 Å². The van der Waals surface area contributed by atoms with Crippen LogP contribution in [0.1, 0.15) is 30.4 Å². The highest BCUT2D eigenvalue weighted by atomic mass is 79.9. The SMILES string of the molecule is CC(C)n1cc(Br)cc1C(=O)NCCS(=O)(=O)N(C)C. The third-order valence-corrected chi connectivity index (χ3v) is 5.07. The summed E-state index contributed by atoms with van der Waals surface area (Å²) < 4.78 is 27.0. The van der Waals surface area contributed by atoms with Crippen molar-refractivity contribution in [1.29, 1.82) is 0 Å². The van der Waals surface area contributed by atoms with Gasteiger partial charge < -0.3 is 9.88 Å². The van der Waals surface area contributed by atoms with Gasteiger partial charge in [0, 0.05) is 37.4 Å². The average molecular weight is 366 g/mol. The van der Waals surface area contributed by atoms with Gasteiger partial charge in [-0.1, -0.05) is 0 Å². The van der Waals surface area contributed by atoms with E-state index in [-0.39, 0.29) is 24.2 Å². The molecule has 0 spiro atoms. The molecule has 0 fully saturated rings. The summed E-state index contributed by atoms with van der Waals surface area (Å²) in [5, 5.41) is 2.63. The highest BCUT2D eigenvalue weighted by Crippen LogP contribution is 2.19. The van der Waals surface area contributed by atoms with Gasteiger partial charge in [0.2, 0.25) is 10.0 Å². The molecule has 0 unspecified atom stereocenters. The number of sulfonamides is 1. The predicted octanol–water partition coefficient (Wildman–Crippen LogP) is 1.45. The van der Waals surface area contributed by atoms with Gasteiger partial charge >= 0.3 is 0 Å². The van der Waals surface area contributed by atoms with Gasteiger partial charge in [0.05, 0.1) is 5.75 Å². The third kappa shape index (κ3) is 4.32. The molecule has 114 valence electrons. The van der Waals surface area contributed by atoms with Crippen molar-refractivity contribution in [3.05, 3.63) is 22.4 Å². The molecule has 0 saturated carbocycles. The van der Waals surface area contributed by atoms with E-state index in [0.717, 1.165) is 8.78 Å². The lowest BCUT2D eigenvalue weighted by Gasteiger charge is -2.14. The number of carbonyl (C=O) groups excluding carboxylic acids is 1. The van der Waals surface area contributed by atoms with Crippen LogP contribution in [0.4, 0.5) is 0 Å². The molecule has 0 aliphatic rings. The summed E-state index contributed by atoms with van der Waals surface area (Å²) in [6.07, 6.45) is 1.83. The second-order valence-electron chi connectivity index (χ2n) is 4.90. The summed E-state index contributed by atoms with van der Waals surface area (Å²) in [5.74, 6) is -0.395. The molecule has 1 aromatic heterocycles. The lowest BCUT2D eigenvalue weighted by Crippen LogP contribution is -2.34. The normalized spacial score (nSPS) is 12.2. The molecule has 1 amide bonds. The molecule has 0 saturated heterocycles. The fraction of sp³-hybridized carbons (Fsp3) is 0.583. The van der Waals surface area contributed by atoms with Crippen molar-refractivity contribution in [2.45, 2.75) is 19.9 Å². The van der Waals surface area contributed by atoms with E-state index in [9.17, 15) is 13.2 Å². The minimum absolute atomic E-state index is 0.0836. The molecule has 0 aromatic carbocycles. The van der Waals surface area contributed by atoms with E-state index in [1.807, 2.05) is 24.6 Å². The Labute approximate surface area is 128 Å². The maximum atomic E-state index is 12.1. The molecule has 1 aromatic rings. The van der Waals surface area contributed by atoms with Crippen molar-refractivity contribution in [1.82, 2.24) is 14.2 Å². The van der Waals surface area contributed by atoms with Gasteiger partial charge in [-0.05, 0) is 35.8 Å². The standard InChI is InChI=1S/C12H20BrN3O3S/c1-9(2)16-8-10(13)7-11(16)12(17)14-5-6-20(18,19)15(3)4/h7-9H,5-6H2,1-4H3,(H,14,17). The number of hydrogen-bond donors (Lipinski definition) is 1. The molecule has 1 N–H and O–H groups in total. The molecule has 0 radical (unpaired) electrons. The van der Waals surface area contributed by atoms with Crippen molar-refractivity contribution < 1.29 is 13.2 Å². The fourth-order valence-electron chi connectivity index (χ4n) is 1.62. The molecule has 1 heterocycles. The summed E-state index contributed by atoms with van der Waals surface area (Å²) in [7, 11) is -0.354. The van der Waals surface area contributed by atoms with Gasteiger partial charge in [-0.25, -0.2) is 12.7 Å². The highest BCUT2D eigenvalue weighted by molar-refractivity contribution is 9.10. The van der Waals surface area contributed by atoms with E-state index in [1.165, 1.54) is 14.1 Å². The molecule has 0 atom stereocenters. The van der Waals surface area contributed by atoms with E-state index in [1.54, 1.807) is 6.07 Å². The number of hydrogen-bond acceptors (Lipinski definition) is 3. The molecule has 20 heavy (non-hydrogen) atoms. The third-order valence-electron chi connectivity index (χ3n) is 2.81. The minimum atomic E-state index is -3.29. The average Bonchev–Trinajstić information content (AvgIpc) is 2.71. The Hall–Kier alpha value is -0.860. The quantitative estimate of drug-likeness (QED) is 0.829. The first kappa shape index (κ1) is 17.2. The number of nitrogens with one attached hydrogen (secondary N) is 1. The van der Waals surface area contributed by atoms with Crippen molar-refractivity contribution in [3.63, 3.8) is 0 Å². The molecule has 0 aliphatic carbocycles. The van der Waals surface area contributed by atoms with Crippen molar-refractivity contribution >= 4 is 31.9 Å². The topological polar surface area (TPSA) is 71.4 Å². The number of rotatable bonds is 6. The summed E-state index contributed by atoms with van der Waals surface area (Å²) >= 11 is 3.34. The van der Waals surface area contributed by atoms with Crippen LogP contribution in [0.25, 0.3) is 0 Å². The Morgan fingerprint density at radius 3 is 2.55 bits per heavy atom. The monoisotopic (exact) mass is 365 g/mol. The van der Waals surface area contributed by atoms with Crippen molar-refractivity contribution in [2.24, 2.45) is 0 Å². The Morgan fingerprint density at radius 2 is 2.05 bits per heavy atom. The zero-order chi connectivity index (χ0) is 15.5. The number of nitrogens with zero attached hydrogens (tertiary/aromatic N) is 2. The van der Waals surface area contributed by atoms with Gasteiger partial charge in [-0.2, -0.15) is 0 Å². The van der Waals surface area contributed by atoms with Crippen LogP contribution in [-0.2, 0) is 10.0 Å². The van der Waals surface area contributed by atoms with Gasteiger partial charge in [0.15, 0.2) is 0 Å². The van der Waals surface area contributed by atoms with Gasteiger partial charge in [0.1, 0.15) is 5.69 Å². The maximum Gasteiger partial charge on any atom is 0.267 e. The van der Waals surface area contributed by atoms with Crippen molar-refractivity contribution in [2.75, 3.05) is 26.4 Å². The number of halogens is 1. The van der Waals surface area contributed by atoms with Gasteiger partial charge in [0.25, 0.3) is 5.91 Å². The Bertz CT molecular complexity index is 579. The van der Waals surface area contributed by atoms with E-state index in [4.69, 9.17) is 0 Å².